The van der Waals surface area contributed by atoms with Crippen LogP contribution >= 0.6 is 11.3 Å². The van der Waals surface area contributed by atoms with E-state index in [1.807, 2.05) is 29.6 Å². The molecule has 1 aromatic heterocycles. The van der Waals surface area contributed by atoms with Crippen molar-refractivity contribution in [2.75, 3.05) is 23.9 Å². The van der Waals surface area contributed by atoms with Crippen molar-refractivity contribution in [1.29, 1.82) is 0 Å². The molecule has 1 aliphatic heterocycles. The van der Waals surface area contributed by atoms with Gasteiger partial charge >= 0.3 is 0 Å². The van der Waals surface area contributed by atoms with Crippen molar-refractivity contribution in [3.8, 4) is 0 Å². The highest BCUT2D eigenvalue weighted by molar-refractivity contribution is 7.93. The number of rotatable bonds is 7. The van der Waals surface area contributed by atoms with Crippen LogP contribution in [0.2, 0.25) is 0 Å². The van der Waals surface area contributed by atoms with Gasteiger partial charge in [-0.2, -0.15) is 0 Å². The Morgan fingerprint density at radius 3 is 2.57 bits per heavy atom. The Morgan fingerprint density at radius 2 is 1.87 bits per heavy atom. The number of likely N-dealkylation sites (N-methyl/N-ethyl adjacent to an activating group) is 1. The highest BCUT2D eigenvalue weighted by atomic mass is 32.2. The number of amides is 2. The molecule has 1 N–H and O–H groups in total. The lowest BCUT2D eigenvalue weighted by molar-refractivity contribution is -0.134. The standard InChI is InChI=1S/C21H21N3O4S2/c1-2-23(13-19(25)22-12-16-8-5-11-29-16)20(26)14-24-17-9-3-6-15-7-4-10-18(21(15)17)30(24,27)28/h3-11H,2,12-14H2,1H3,(H,22,25). The number of hydrogen-bond acceptors (Lipinski definition) is 5. The maximum Gasteiger partial charge on any atom is 0.265 e. The predicted octanol–water partition coefficient (Wildman–Crippen LogP) is 2.57. The summed E-state index contributed by atoms with van der Waals surface area (Å²) in [4.78, 5) is 27.8. The highest BCUT2D eigenvalue weighted by Crippen LogP contribution is 2.41. The summed E-state index contributed by atoms with van der Waals surface area (Å²) in [5, 5.41) is 6.16. The highest BCUT2D eigenvalue weighted by Gasteiger charge is 2.37. The molecule has 2 amide bonds. The van der Waals surface area contributed by atoms with Crippen LogP contribution in [0, 0.1) is 0 Å². The van der Waals surface area contributed by atoms with E-state index in [1.54, 1.807) is 31.2 Å². The Kier molecular flexibility index (Phi) is 5.48. The zero-order valence-corrected chi connectivity index (χ0v) is 18.0. The van der Waals surface area contributed by atoms with E-state index in [9.17, 15) is 18.0 Å². The minimum atomic E-state index is -3.82. The van der Waals surface area contributed by atoms with Crippen molar-refractivity contribution >= 4 is 49.6 Å². The maximum absolute atomic E-state index is 13.0. The number of thiophene rings is 1. The van der Waals surface area contributed by atoms with Gasteiger partial charge < -0.3 is 10.2 Å². The molecule has 0 aliphatic carbocycles. The van der Waals surface area contributed by atoms with Crippen LogP contribution in [0.15, 0.2) is 58.8 Å². The van der Waals surface area contributed by atoms with Gasteiger partial charge in [0.2, 0.25) is 11.8 Å². The number of benzene rings is 2. The van der Waals surface area contributed by atoms with Gasteiger partial charge in [0.05, 0.1) is 23.7 Å². The van der Waals surface area contributed by atoms with E-state index in [0.717, 1.165) is 14.6 Å². The quantitative estimate of drug-likeness (QED) is 0.608. The smallest absolute Gasteiger partial charge is 0.265 e. The lowest BCUT2D eigenvalue weighted by Gasteiger charge is -2.24. The molecule has 0 spiro atoms. The Balaban J connectivity index is 1.48. The van der Waals surface area contributed by atoms with E-state index in [1.165, 1.54) is 16.2 Å². The fraction of sp³-hybridized carbons (Fsp3) is 0.238. The predicted molar refractivity (Wildman–Crippen MR) is 117 cm³/mol. The van der Waals surface area contributed by atoms with Crippen molar-refractivity contribution in [2.45, 2.75) is 18.4 Å². The van der Waals surface area contributed by atoms with Crippen molar-refractivity contribution in [1.82, 2.24) is 10.2 Å². The number of nitrogens with one attached hydrogen (secondary N) is 1. The van der Waals surface area contributed by atoms with Gasteiger partial charge in [0.1, 0.15) is 6.54 Å². The van der Waals surface area contributed by atoms with Crippen molar-refractivity contribution < 1.29 is 18.0 Å². The third-order valence-electron chi connectivity index (χ3n) is 5.07. The summed E-state index contributed by atoms with van der Waals surface area (Å²) < 4.78 is 27.2. The Labute approximate surface area is 179 Å². The number of hydrogen-bond donors (Lipinski definition) is 1. The zero-order valence-electron chi connectivity index (χ0n) is 16.4. The Hall–Kier alpha value is -2.91. The summed E-state index contributed by atoms with van der Waals surface area (Å²) in [6.45, 7) is 2.00. The summed E-state index contributed by atoms with van der Waals surface area (Å²) in [6.07, 6.45) is 0. The minimum absolute atomic E-state index is 0.119. The average molecular weight is 444 g/mol. The lowest BCUT2D eigenvalue weighted by atomic mass is 10.1. The van der Waals surface area contributed by atoms with Crippen molar-refractivity contribution in [2.24, 2.45) is 0 Å². The van der Waals surface area contributed by atoms with Crippen LogP contribution in [0.3, 0.4) is 0 Å². The molecular weight excluding hydrogens is 422 g/mol. The average Bonchev–Trinajstić information content (AvgIpc) is 3.33. The molecule has 0 fully saturated rings. The van der Waals surface area contributed by atoms with Crippen LogP contribution in [-0.4, -0.2) is 44.8 Å². The van der Waals surface area contributed by atoms with Crippen molar-refractivity contribution in [3.63, 3.8) is 0 Å². The largest absolute Gasteiger partial charge is 0.350 e. The molecule has 4 rings (SSSR count). The second-order valence-corrected chi connectivity index (χ2v) is 9.77. The van der Waals surface area contributed by atoms with E-state index < -0.39 is 15.9 Å². The monoisotopic (exact) mass is 443 g/mol. The summed E-state index contributed by atoms with van der Waals surface area (Å²) in [5.41, 5.74) is 0.495. The van der Waals surface area contributed by atoms with Gasteiger partial charge in [-0.15, -0.1) is 11.3 Å². The van der Waals surface area contributed by atoms with Gasteiger partial charge in [-0.25, -0.2) is 8.42 Å². The van der Waals surface area contributed by atoms with Gasteiger partial charge in [0.25, 0.3) is 10.0 Å². The molecule has 2 heterocycles. The third-order valence-corrected chi connectivity index (χ3v) is 7.75. The first-order valence-corrected chi connectivity index (χ1v) is 11.8. The van der Waals surface area contributed by atoms with Crippen LogP contribution in [0.5, 0.6) is 0 Å². The van der Waals surface area contributed by atoms with Gasteiger partial charge in [-0.3, -0.25) is 13.9 Å². The topological polar surface area (TPSA) is 86.8 Å². The first-order chi connectivity index (χ1) is 14.4. The Morgan fingerprint density at radius 1 is 1.10 bits per heavy atom. The molecule has 0 unspecified atom stereocenters. The molecule has 3 aromatic rings. The van der Waals surface area contributed by atoms with Crippen LogP contribution in [0.25, 0.3) is 10.8 Å². The number of sulfonamides is 1. The SMILES string of the molecule is CCN(CC(=O)NCc1cccs1)C(=O)CN1c2cccc3cccc(c23)S1(=O)=O. The second-order valence-electron chi connectivity index (χ2n) is 6.91. The van der Waals surface area contributed by atoms with E-state index in [2.05, 4.69) is 5.32 Å². The van der Waals surface area contributed by atoms with Crippen LogP contribution < -0.4 is 9.62 Å². The molecule has 0 saturated carbocycles. The van der Waals surface area contributed by atoms with E-state index in [0.29, 0.717) is 24.2 Å². The summed E-state index contributed by atoms with van der Waals surface area (Å²) in [7, 11) is -3.82. The molecule has 2 aromatic carbocycles. The fourth-order valence-corrected chi connectivity index (χ4v) is 5.86. The summed E-state index contributed by atoms with van der Waals surface area (Å²) in [5.74, 6) is -0.703. The van der Waals surface area contributed by atoms with Gasteiger partial charge in [0.15, 0.2) is 0 Å². The maximum atomic E-state index is 13.0. The van der Waals surface area contributed by atoms with E-state index in [-0.39, 0.29) is 23.9 Å². The van der Waals surface area contributed by atoms with Crippen LogP contribution in [-0.2, 0) is 26.2 Å². The van der Waals surface area contributed by atoms with Gasteiger partial charge in [0, 0.05) is 16.8 Å². The van der Waals surface area contributed by atoms with Gasteiger partial charge in [-0.05, 0) is 35.9 Å². The fourth-order valence-electron chi connectivity index (χ4n) is 3.56. The number of carbonyl (C=O) groups excluding carboxylic acids is 2. The third kappa shape index (κ3) is 3.66. The zero-order chi connectivity index (χ0) is 21.3. The number of anilines is 1. The normalized spacial score (nSPS) is 14.1. The molecule has 7 nitrogen and oxygen atoms in total. The summed E-state index contributed by atoms with van der Waals surface area (Å²) in [6, 6.07) is 14.2. The molecule has 0 radical (unpaired) electrons. The molecule has 0 atom stereocenters. The first kappa shape index (κ1) is 20.4. The molecule has 1 aliphatic rings. The van der Waals surface area contributed by atoms with Crippen molar-refractivity contribution in [3.05, 3.63) is 58.8 Å². The molecule has 0 saturated heterocycles. The molecular formula is C21H21N3O4S2. The van der Waals surface area contributed by atoms with Crippen LogP contribution in [0.1, 0.15) is 11.8 Å². The second kappa shape index (κ2) is 8.08. The number of carbonyl (C=O) groups is 2. The Bertz CT molecular complexity index is 1200. The van der Waals surface area contributed by atoms with Crippen LogP contribution in [0.4, 0.5) is 5.69 Å². The van der Waals surface area contributed by atoms with E-state index >= 15 is 0 Å². The van der Waals surface area contributed by atoms with Gasteiger partial charge in [-0.1, -0.05) is 30.3 Å². The molecule has 30 heavy (non-hydrogen) atoms. The minimum Gasteiger partial charge on any atom is -0.350 e. The number of nitrogens with zero attached hydrogens (tertiary/aromatic N) is 2. The molecule has 156 valence electrons. The molecule has 0 bridgehead atoms. The van der Waals surface area contributed by atoms with E-state index in [4.69, 9.17) is 0 Å². The first-order valence-electron chi connectivity index (χ1n) is 9.53. The lowest BCUT2D eigenvalue weighted by Crippen LogP contribution is -2.45. The summed E-state index contributed by atoms with van der Waals surface area (Å²) >= 11 is 1.54. The molecule has 9 heteroatoms.